The Kier molecular flexibility index (Phi) is 2.68. The number of aromatic nitrogens is 1. The van der Waals surface area contributed by atoms with E-state index in [0.717, 1.165) is 4.47 Å². The standard InChI is InChI=1S/C11H7BrFNO/c12-8-1-2-11(13)10(4-8)7-3-9(15)6-14-5-7/h1-6,15H. The van der Waals surface area contributed by atoms with Crippen LogP contribution in [0.4, 0.5) is 4.39 Å². The highest BCUT2D eigenvalue weighted by molar-refractivity contribution is 9.10. The maximum Gasteiger partial charge on any atom is 0.134 e. The second kappa shape index (κ2) is 3.98. The third kappa shape index (κ3) is 2.15. The van der Waals surface area contributed by atoms with Crippen LogP contribution in [0.3, 0.4) is 0 Å². The zero-order valence-corrected chi connectivity index (χ0v) is 9.20. The van der Waals surface area contributed by atoms with Gasteiger partial charge < -0.3 is 5.11 Å². The van der Waals surface area contributed by atoms with Crippen LogP contribution < -0.4 is 0 Å². The van der Waals surface area contributed by atoms with Crippen molar-refractivity contribution in [3.8, 4) is 16.9 Å². The average molecular weight is 268 g/mol. The molecule has 0 spiro atoms. The lowest BCUT2D eigenvalue weighted by Crippen LogP contribution is -1.85. The van der Waals surface area contributed by atoms with Crippen LogP contribution in [-0.4, -0.2) is 10.1 Å². The van der Waals surface area contributed by atoms with Crippen LogP contribution in [0.25, 0.3) is 11.1 Å². The Morgan fingerprint density at radius 3 is 2.73 bits per heavy atom. The van der Waals surface area contributed by atoms with Gasteiger partial charge in [0.05, 0.1) is 6.20 Å². The first-order chi connectivity index (χ1) is 7.16. The molecule has 0 bridgehead atoms. The highest BCUT2D eigenvalue weighted by atomic mass is 79.9. The van der Waals surface area contributed by atoms with Gasteiger partial charge in [0.1, 0.15) is 11.6 Å². The molecule has 0 aliphatic heterocycles. The summed E-state index contributed by atoms with van der Waals surface area (Å²) in [5, 5.41) is 9.24. The molecular formula is C11H7BrFNO. The quantitative estimate of drug-likeness (QED) is 0.860. The fraction of sp³-hybridized carbons (Fsp3) is 0. The smallest absolute Gasteiger partial charge is 0.134 e. The Labute approximate surface area is 94.5 Å². The number of hydrogen-bond acceptors (Lipinski definition) is 2. The van der Waals surface area contributed by atoms with Crippen LogP contribution >= 0.6 is 15.9 Å². The van der Waals surface area contributed by atoms with E-state index >= 15 is 0 Å². The van der Waals surface area contributed by atoms with Crippen molar-refractivity contribution in [1.29, 1.82) is 0 Å². The highest BCUT2D eigenvalue weighted by Crippen LogP contribution is 2.27. The molecule has 0 amide bonds. The monoisotopic (exact) mass is 267 g/mol. The van der Waals surface area contributed by atoms with E-state index in [1.165, 1.54) is 24.5 Å². The molecule has 76 valence electrons. The summed E-state index contributed by atoms with van der Waals surface area (Å²) in [6.45, 7) is 0. The first-order valence-corrected chi connectivity index (χ1v) is 5.05. The zero-order valence-electron chi connectivity index (χ0n) is 7.61. The summed E-state index contributed by atoms with van der Waals surface area (Å²) in [7, 11) is 0. The lowest BCUT2D eigenvalue weighted by molar-refractivity contribution is 0.473. The summed E-state index contributed by atoms with van der Waals surface area (Å²) in [5.74, 6) is -0.322. The van der Waals surface area contributed by atoms with Crippen molar-refractivity contribution in [2.24, 2.45) is 0 Å². The van der Waals surface area contributed by atoms with Gasteiger partial charge in [0.2, 0.25) is 0 Å². The summed E-state index contributed by atoms with van der Waals surface area (Å²) < 4.78 is 14.2. The lowest BCUT2D eigenvalue weighted by atomic mass is 10.1. The van der Waals surface area contributed by atoms with Gasteiger partial charge in [-0.25, -0.2) is 4.39 Å². The first-order valence-electron chi connectivity index (χ1n) is 4.26. The molecule has 0 saturated carbocycles. The molecule has 1 N–H and O–H groups in total. The van der Waals surface area contributed by atoms with Gasteiger partial charge in [-0.3, -0.25) is 4.98 Å². The summed E-state index contributed by atoms with van der Waals surface area (Å²) in [5.41, 5.74) is 0.960. The predicted molar refractivity (Wildman–Crippen MR) is 59.0 cm³/mol. The summed E-state index contributed by atoms with van der Waals surface area (Å²) in [4.78, 5) is 3.80. The molecular weight excluding hydrogens is 261 g/mol. The summed E-state index contributed by atoms with van der Waals surface area (Å²) >= 11 is 3.26. The molecule has 2 nitrogen and oxygen atoms in total. The van der Waals surface area contributed by atoms with E-state index in [1.807, 2.05) is 0 Å². The summed E-state index contributed by atoms with van der Waals surface area (Å²) in [6.07, 6.45) is 2.81. The maximum atomic E-state index is 13.5. The van der Waals surface area contributed by atoms with Crippen molar-refractivity contribution in [3.05, 3.63) is 46.9 Å². The first kappa shape index (κ1) is 10.1. The number of aromatic hydroxyl groups is 1. The predicted octanol–water partition coefficient (Wildman–Crippen LogP) is 3.36. The average Bonchev–Trinajstić information content (AvgIpc) is 2.22. The number of benzene rings is 1. The van der Waals surface area contributed by atoms with Gasteiger partial charge in [-0.15, -0.1) is 0 Å². The van der Waals surface area contributed by atoms with Gasteiger partial charge >= 0.3 is 0 Å². The van der Waals surface area contributed by atoms with Crippen molar-refractivity contribution in [2.75, 3.05) is 0 Å². The van der Waals surface area contributed by atoms with E-state index in [-0.39, 0.29) is 11.6 Å². The van der Waals surface area contributed by atoms with E-state index in [4.69, 9.17) is 0 Å². The molecule has 15 heavy (non-hydrogen) atoms. The second-order valence-electron chi connectivity index (χ2n) is 3.06. The molecule has 0 aliphatic carbocycles. The second-order valence-corrected chi connectivity index (χ2v) is 3.97. The Balaban J connectivity index is 2.58. The maximum absolute atomic E-state index is 13.5. The molecule has 0 atom stereocenters. The van der Waals surface area contributed by atoms with Crippen LogP contribution in [0, 0.1) is 5.82 Å². The van der Waals surface area contributed by atoms with Gasteiger partial charge in [0.15, 0.2) is 0 Å². The van der Waals surface area contributed by atoms with Crippen LogP contribution in [-0.2, 0) is 0 Å². The van der Waals surface area contributed by atoms with Crippen molar-refractivity contribution < 1.29 is 9.50 Å². The van der Waals surface area contributed by atoms with E-state index in [9.17, 15) is 9.50 Å². The minimum atomic E-state index is -0.342. The lowest BCUT2D eigenvalue weighted by Gasteiger charge is -2.03. The highest BCUT2D eigenvalue weighted by Gasteiger charge is 2.06. The van der Waals surface area contributed by atoms with E-state index < -0.39 is 0 Å². The Hall–Kier alpha value is -1.42. The number of nitrogens with zero attached hydrogens (tertiary/aromatic N) is 1. The zero-order chi connectivity index (χ0) is 10.8. The van der Waals surface area contributed by atoms with Crippen LogP contribution in [0.1, 0.15) is 0 Å². The van der Waals surface area contributed by atoms with Crippen molar-refractivity contribution in [2.45, 2.75) is 0 Å². The van der Waals surface area contributed by atoms with E-state index in [2.05, 4.69) is 20.9 Å². The molecule has 0 saturated heterocycles. The van der Waals surface area contributed by atoms with E-state index in [1.54, 1.807) is 12.1 Å². The van der Waals surface area contributed by atoms with Gasteiger partial charge in [-0.05, 0) is 24.3 Å². The van der Waals surface area contributed by atoms with E-state index in [0.29, 0.717) is 11.1 Å². The number of hydrogen-bond donors (Lipinski definition) is 1. The topological polar surface area (TPSA) is 33.1 Å². The Morgan fingerprint density at radius 1 is 1.20 bits per heavy atom. The Bertz CT molecular complexity index is 502. The fourth-order valence-corrected chi connectivity index (χ4v) is 1.65. The third-order valence-electron chi connectivity index (χ3n) is 1.96. The van der Waals surface area contributed by atoms with Gasteiger partial charge in [0.25, 0.3) is 0 Å². The third-order valence-corrected chi connectivity index (χ3v) is 2.46. The molecule has 0 radical (unpaired) electrons. The molecule has 0 aliphatic rings. The molecule has 1 heterocycles. The number of rotatable bonds is 1. The number of pyridine rings is 1. The van der Waals surface area contributed by atoms with Gasteiger partial charge in [0, 0.05) is 21.8 Å². The minimum Gasteiger partial charge on any atom is -0.506 e. The Morgan fingerprint density at radius 2 is 2.00 bits per heavy atom. The molecule has 0 unspecified atom stereocenters. The normalized spacial score (nSPS) is 10.3. The van der Waals surface area contributed by atoms with Crippen LogP contribution in [0.2, 0.25) is 0 Å². The minimum absolute atomic E-state index is 0.0203. The van der Waals surface area contributed by atoms with Gasteiger partial charge in [-0.2, -0.15) is 0 Å². The van der Waals surface area contributed by atoms with Crippen molar-refractivity contribution in [1.82, 2.24) is 4.98 Å². The van der Waals surface area contributed by atoms with Crippen molar-refractivity contribution in [3.63, 3.8) is 0 Å². The molecule has 2 aromatic rings. The fourth-order valence-electron chi connectivity index (χ4n) is 1.29. The molecule has 1 aromatic heterocycles. The van der Waals surface area contributed by atoms with Gasteiger partial charge in [-0.1, -0.05) is 15.9 Å². The largest absolute Gasteiger partial charge is 0.506 e. The molecule has 1 aromatic carbocycles. The number of halogens is 2. The summed E-state index contributed by atoms with van der Waals surface area (Å²) in [6, 6.07) is 6.10. The molecule has 0 fully saturated rings. The molecule has 2 rings (SSSR count). The van der Waals surface area contributed by atoms with Crippen molar-refractivity contribution >= 4 is 15.9 Å². The molecule has 4 heteroatoms. The van der Waals surface area contributed by atoms with Crippen LogP contribution in [0.5, 0.6) is 5.75 Å². The van der Waals surface area contributed by atoms with Crippen LogP contribution in [0.15, 0.2) is 41.1 Å². The SMILES string of the molecule is Oc1cncc(-c2cc(Br)ccc2F)c1.